The molecule has 0 heterocycles. The van der Waals surface area contributed by atoms with Gasteiger partial charge >= 0.3 is 0 Å². The molecule has 0 saturated heterocycles. The van der Waals surface area contributed by atoms with Crippen LogP contribution in [0.25, 0.3) is 0 Å². The molecule has 0 amide bonds. The third kappa shape index (κ3) is 6.62. The zero-order chi connectivity index (χ0) is 16.8. The second kappa shape index (κ2) is 8.26. The van der Waals surface area contributed by atoms with Crippen LogP contribution in [0, 0.1) is 11.3 Å². The lowest BCUT2D eigenvalue weighted by Crippen LogP contribution is -2.44. The highest BCUT2D eigenvalue weighted by atomic mass is 16.1. The highest BCUT2D eigenvalue weighted by Crippen LogP contribution is 2.41. The van der Waals surface area contributed by atoms with Gasteiger partial charge in [-0.3, -0.25) is 4.79 Å². The molecule has 0 aromatic carbocycles. The predicted octanol–water partition coefficient (Wildman–Crippen LogP) is 3.95. The van der Waals surface area contributed by atoms with E-state index in [9.17, 15) is 4.79 Å². The average molecular weight is 309 g/mol. The van der Waals surface area contributed by atoms with Crippen molar-refractivity contribution in [1.29, 1.82) is 0 Å². The van der Waals surface area contributed by atoms with Crippen LogP contribution in [0.5, 0.6) is 0 Å². The first-order chi connectivity index (χ1) is 10.2. The van der Waals surface area contributed by atoms with Crippen molar-refractivity contribution in [2.75, 3.05) is 0 Å². The fraction of sp³-hybridized carbons (Fsp3) is 0.842. The van der Waals surface area contributed by atoms with Crippen LogP contribution in [-0.2, 0) is 4.79 Å². The number of hydrogen-bond donors (Lipinski definition) is 2. The van der Waals surface area contributed by atoms with Crippen molar-refractivity contribution in [3.8, 4) is 0 Å². The summed E-state index contributed by atoms with van der Waals surface area (Å²) in [5.41, 5.74) is 12.4. The molecular formula is C19H36N2O. The highest BCUT2D eigenvalue weighted by Gasteiger charge is 2.35. The van der Waals surface area contributed by atoms with Crippen LogP contribution in [0.4, 0.5) is 0 Å². The van der Waals surface area contributed by atoms with E-state index in [0.29, 0.717) is 30.1 Å². The molecule has 3 heteroatoms. The van der Waals surface area contributed by atoms with Crippen molar-refractivity contribution in [1.82, 2.24) is 0 Å². The third-order valence-electron chi connectivity index (χ3n) is 5.34. The van der Waals surface area contributed by atoms with Gasteiger partial charge in [0.25, 0.3) is 0 Å². The second-order valence-electron chi connectivity index (χ2n) is 8.37. The number of rotatable bonds is 2. The maximum absolute atomic E-state index is 10.6. The van der Waals surface area contributed by atoms with Gasteiger partial charge in [0, 0.05) is 24.4 Å². The summed E-state index contributed by atoms with van der Waals surface area (Å²) in [6, 6.07) is 0.299. The van der Waals surface area contributed by atoms with Gasteiger partial charge in [-0.15, -0.1) is 6.58 Å². The van der Waals surface area contributed by atoms with E-state index in [0.717, 1.165) is 25.2 Å². The molecule has 4 N–H and O–H groups in total. The minimum atomic E-state index is 0.0590. The van der Waals surface area contributed by atoms with E-state index in [1.807, 2.05) is 6.08 Å². The molecule has 0 unspecified atom stereocenters. The van der Waals surface area contributed by atoms with E-state index >= 15 is 0 Å². The summed E-state index contributed by atoms with van der Waals surface area (Å²) in [6.07, 6.45) is 11.1. The molecule has 0 atom stereocenters. The molecule has 2 aliphatic rings. The van der Waals surface area contributed by atoms with Crippen LogP contribution >= 0.6 is 0 Å². The van der Waals surface area contributed by atoms with Gasteiger partial charge in [-0.1, -0.05) is 26.8 Å². The molecule has 2 saturated carbocycles. The normalized spacial score (nSPS) is 30.4. The molecule has 2 rings (SSSR count). The number of carbonyl (C=O) groups is 1. The second-order valence-corrected chi connectivity index (χ2v) is 8.37. The topological polar surface area (TPSA) is 69.1 Å². The highest BCUT2D eigenvalue weighted by molar-refractivity contribution is 5.79. The minimum Gasteiger partial charge on any atom is -0.328 e. The molecule has 0 aliphatic heterocycles. The largest absolute Gasteiger partial charge is 0.328 e. The Bertz CT molecular complexity index is 352. The minimum absolute atomic E-state index is 0.0590. The molecule has 3 nitrogen and oxygen atoms in total. The Balaban J connectivity index is 0.000000255. The lowest BCUT2D eigenvalue weighted by atomic mass is 9.67. The standard InChI is InChI=1S/C13H25N.C6H11NO/c1-5-8-13(14)9-6-11(7-10-13)12(2,3)4;7-5-1-3-6(8)4-2-5/h5,11H,1,6-10,14H2,2-4H3;5H,1-4,7H2. The zero-order valence-electron chi connectivity index (χ0n) is 14.9. The van der Waals surface area contributed by atoms with Crippen molar-refractivity contribution in [3.05, 3.63) is 12.7 Å². The lowest BCUT2D eigenvalue weighted by molar-refractivity contribution is -0.120. The van der Waals surface area contributed by atoms with Gasteiger partial charge in [-0.2, -0.15) is 0 Å². The van der Waals surface area contributed by atoms with Crippen molar-refractivity contribution in [2.24, 2.45) is 22.8 Å². The van der Waals surface area contributed by atoms with E-state index in [1.165, 1.54) is 25.7 Å². The summed E-state index contributed by atoms with van der Waals surface area (Å²) in [5, 5.41) is 0. The smallest absolute Gasteiger partial charge is 0.133 e. The Labute approximate surface area is 136 Å². The number of carbonyl (C=O) groups excluding carboxylic acids is 1. The Kier molecular flexibility index (Phi) is 7.27. The zero-order valence-corrected chi connectivity index (χ0v) is 14.9. The van der Waals surface area contributed by atoms with E-state index in [2.05, 4.69) is 27.4 Å². The molecule has 0 aromatic heterocycles. The summed E-state index contributed by atoms with van der Waals surface area (Å²) < 4.78 is 0. The van der Waals surface area contributed by atoms with Gasteiger partial charge in [0.15, 0.2) is 0 Å². The molecule has 22 heavy (non-hydrogen) atoms. The van der Waals surface area contributed by atoms with E-state index in [-0.39, 0.29) is 5.54 Å². The fourth-order valence-corrected chi connectivity index (χ4v) is 3.51. The summed E-state index contributed by atoms with van der Waals surface area (Å²) in [4.78, 5) is 10.6. The van der Waals surface area contributed by atoms with Crippen LogP contribution in [0.1, 0.15) is 78.6 Å². The maximum atomic E-state index is 10.6. The monoisotopic (exact) mass is 308 g/mol. The molecule has 0 spiro atoms. The van der Waals surface area contributed by atoms with Crippen LogP contribution in [-0.4, -0.2) is 17.4 Å². The summed E-state index contributed by atoms with van der Waals surface area (Å²) in [5.74, 6) is 1.23. The SMILES string of the molecule is C=CCC1(N)CCC(C(C)(C)C)CC1.NC1CCC(=O)CC1. The van der Waals surface area contributed by atoms with Gasteiger partial charge in [0.2, 0.25) is 0 Å². The number of nitrogens with two attached hydrogens (primary N) is 2. The van der Waals surface area contributed by atoms with Crippen molar-refractivity contribution in [2.45, 2.75) is 90.1 Å². The Morgan fingerprint density at radius 2 is 1.68 bits per heavy atom. The van der Waals surface area contributed by atoms with Crippen LogP contribution < -0.4 is 11.5 Å². The predicted molar refractivity (Wildman–Crippen MR) is 94.6 cm³/mol. The maximum Gasteiger partial charge on any atom is 0.133 e. The summed E-state index contributed by atoms with van der Waals surface area (Å²) >= 11 is 0. The molecular weight excluding hydrogens is 272 g/mol. The first-order valence-corrected chi connectivity index (χ1v) is 8.83. The molecule has 2 aliphatic carbocycles. The van der Waals surface area contributed by atoms with Crippen molar-refractivity contribution >= 4 is 5.78 Å². The molecule has 2 fully saturated rings. The van der Waals surface area contributed by atoms with Gasteiger partial charge < -0.3 is 11.5 Å². The van der Waals surface area contributed by atoms with Gasteiger partial charge in [-0.25, -0.2) is 0 Å². The number of hydrogen-bond acceptors (Lipinski definition) is 3. The lowest BCUT2D eigenvalue weighted by Gasteiger charge is -2.41. The first-order valence-electron chi connectivity index (χ1n) is 8.83. The Morgan fingerprint density at radius 1 is 1.18 bits per heavy atom. The summed E-state index contributed by atoms with van der Waals surface area (Å²) in [6.45, 7) is 10.8. The molecule has 0 bridgehead atoms. The fourth-order valence-electron chi connectivity index (χ4n) is 3.51. The van der Waals surface area contributed by atoms with Crippen LogP contribution in [0.3, 0.4) is 0 Å². The quantitative estimate of drug-likeness (QED) is 0.759. The Hall–Kier alpha value is -0.670. The number of ketones is 1. The molecule has 0 radical (unpaired) electrons. The van der Waals surface area contributed by atoms with Gasteiger partial charge in [-0.05, 0) is 56.3 Å². The van der Waals surface area contributed by atoms with Gasteiger partial charge in [0.1, 0.15) is 5.78 Å². The van der Waals surface area contributed by atoms with Crippen molar-refractivity contribution in [3.63, 3.8) is 0 Å². The molecule has 0 aromatic rings. The average Bonchev–Trinajstić information content (AvgIpc) is 2.42. The van der Waals surface area contributed by atoms with Crippen molar-refractivity contribution < 1.29 is 4.79 Å². The van der Waals surface area contributed by atoms with Crippen LogP contribution in [0.2, 0.25) is 0 Å². The van der Waals surface area contributed by atoms with Crippen LogP contribution in [0.15, 0.2) is 12.7 Å². The van der Waals surface area contributed by atoms with E-state index in [4.69, 9.17) is 11.5 Å². The van der Waals surface area contributed by atoms with E-state index in [1.54, 1.807) is 0 Å². The van der Waals surface area contributed by atoms with Gasteiger partial charge in [0.05, 0.1) is 0 Å². The first kappa shape index (κ1) is 19.4. The number of Topliss-reactive ketones (excluding diaryl/α,β-unsaturated/α-hetero) is 1. The third-order valence-corrected chi connectivity index (χ3v) is 5.34. The molecule has 128 valence electrons. The van der Waals surface area contributed by atoms with E-state index < -0.39 is 0 Å². The Morgan fingerprint density at radius 3 is 2.05 bits per heavy atom. The summed E-state index contributed by atoms with van der Waals surface area (Å²) in [7, 11) is 0.